The highest BCUT2D eigenvalue weighted by molar-refractivity contribution is 7.99. The highest BCUT2D eigenvalue weighted by Gasteiger charge is 2.44. The third-order valence-electron chi connectivity index (χ3n) is 22.9. The van der Waals surface area contributed by atoms with E-state index in [1.807, 2.05) is 43.3 Å². The minimum Gasteiger partial charge on any atom is -0.445 e. The van der Waals surface area contributed by atoms with Crippen molar-refractivity contribution < 1.29 is 105 Å². The van der Waals surface area contributed by atoms with Gasteiger partial charge in [-0.25, -0.2) is 4.79 Å². The number of likely N-dealkylation sites (tertiary alicyclic amines) is 1. The zero-order valence-electron chi connectivity index (χ0n) is 78.9. The van der Waals surface area contributed by atoms with Crippen molar-refractivity contribution in [3.63, 3.8) is 0 Å². The van der Waals surface area contributed by atoms with E-state index in [1.165, 1.54) is 55.0 Å². The summed E-state index contributed by atoms with van der Waals surface area (Å²) in [7, 11) is 6.06. The second kappa shape index (κ2) is 59.7. The molecule has 1 fully saturated rings. The number of hydrazine groups is 2. The number of carbonyl (C=O) groups excluding carboxylic acids is 14. The van der Waals surface area contributed by atoms with Gasteiger partial charge in [0.25, 0.3) is 11.8 Å². The molecule has 1 saturated heterocycles. The SMILES string of the molecule is CCC(=O)N(CCNC(=O)CCCC1=CN(CCOCCOCCOCCOCCC(=O)N[C@@H](C(=O)NC(CCCCC(N)=O)C(=O)Cc2ccc(COC(=O)N(C)[C@@H](C(=O)N[C@@H](C(=O)N(C)[C@H](C(C)C)[C@H](CC(=O)N3CCC[C@@H]3[C@@H](OC)[C@H](C)C(=O)N[C@@H](C)[C@H](O)c3ccccc3)OC)C(C)C)C(C)C)cc2)C(C)C)NN1)CCSCCC(=O)NCCN1C(=O)C=CC1=O. The number of amides is 13. The van der Waals surface area contributed by atoms with Gasteiger partial charge in [-0.1, -0.05) is 130 Å². The van der Waals surface area contributed by atoms with Crippen LogP contribution in [0.15, 0.2) is 78.6 Å². The molecule has 728 valence electrons. The zero-order valence-corrected chi connectivity index (χ0v) is 79.7. The van der Waals surface area contributed by atoms with Crippen LogP contribution in [0.5, 0.6) is 0 Å². The Morgan fingerprint density at radius 1 is 0.623 bits per heavy atom. The third-order valence-corrected chi connectivity index (χ3v) is 23.9. The number of carbonyl (C=O) groups is 14. The Morgan fingerprint density at radius 3 is 1.85 bits per heavy atom. The van der Waals surface area contributed by atoms with Gasteiger partial charge >= 0.3 is 6.09 Å². The van der Waals surface area contributed by atoms with Gasteiger partial charge in [0.15, 0.2) is 5.78 Å². The first-order valence-corrected chi connectivity index (χ1v) is 46.7. The van der Waals surface area contributed by atoms with Gasteiger partial charge in [0.1, 0.15) is 24.7 Å². The molecular formula is C92H147N15O22S. The summed E-state index contributed by atoms with van der Waals surface area (Å²) in [4.78, 5) is 192. The van der Waals surface area contributed by atoms with Crippen molar-refractivity contribution >= 4 is 94.5 Å². The summed E-state index contributed by atoms with van der Waals surface area (Å²) in [6.07, 6.45) is 5.27. The van der Waals surface area contributed by atoms with Crippen LogP contribution < -0.4 is 48.6 Å². The van der Waals surface area contributed by atoms with Crippen LogP contribution in [0.2, 0.25) is 0 Å². The monoisotopic (exact) mass is 1850 g/mol. The summed E-state index contributed by atoms with van der Waals surface area (Å²) < 4.78 is 40.4. The Hall–Kier alpha value is -9.67. The number of hydrogen-bond donors (Lipinski definition) is 10. The van der Waals surface area contributed by atoms with Crippen molar-refractivity contribution in [2.45, 2.75) is 233 Å². The number of nitrogens with two attached hydrogens (primary N) is 1. The molecule has 5 rings (SSSR count). The number of unbranched alkanes of at least 4 members (excludes halogenated alkanes) is 1. The van der Waals surface area contributed by atoms with Crippen LogP contribution in [0.25, 0.3) is 0 Å². The van der Waals surface area contributed by atoms with Gasteiger partial charge in [-0.2, -0.15) is 11.8 Å². The van der Waals surface area contributed by atoms with Crippen molar-refractivity contribution in [1.82, 2.24) is 72.4 Å². The van der Waals surface area contributed by atoms with Crippen LogP contribution in [0.3, 0.4) is 0 Å². The lowest BCUT2D eigenvalue weighted by Crippen LogP contribution is -2.60. The fraction of sp³-hybridized carbons (Fsp3) is 0.674. The van der Waals surface area contributed by atoms with Crippen LogP contribution in [0.4, 0.5) is 4.79 Å². The number of imide groups is 1. The lowest BCUT2D eigenvalue weighted by Gasteiger charge is -2.40. The topological polar surface area (TPSA) is 466 Å². The minimum atomic E-state index is -1.09. The highest BCUT2D eigenvalue weighted by Crippen LogP contribution is 2.31. The fourth-order valence-electron chi connectivity index (χ4n) is 15.6. The van der Waals surface area contributed by atoms with E-state index in [0.29, 0.717) is 145 Å². The number of nitrogens with one attached hydrogen (secondary N) is 8. The number of ketones is 1. The molecule has 0 radical (unpaired) electrons. The summed E-state index contributed by atoms with van der Waals surface area (Å²) in [5, 5.41) is 30.0. The number of aliphatic hydroxyl groups is 1. The van der Waals surface area contributed by atoms with Gasteiger partial charge in [-0.3, -0.25) is 77.1 Å². The quantitative estimate of drug-likeness (QED) is 0.0326. The average molecular weight is 1850 g/mol. The second-order valence-electron chi connectivity index (χ2n) is 34.3. The van der Waals surface area contributed by atoms with Crippen molar-refractivity contribution in [1.29, 1.82) is 0 Å². The van der Waals surface area contributed by atoms with E-state index >= 15 is 0 Å². The maximum Gasteiger partial charge on any atom is 0.410 e. The number of Topliss-reactive ketones (excluding diaryl/α,β-unsaturated/α-hetero) is 1. The number of ether oxygens (including phenoxy) is 7. The van der Waals surface area contributed by atoms with Gasteiger partial charge in [-0.05, 0) is 85.8 Å². The first-order valence-electron chi connectivity index (χ1n) is 45.6. The van der Waals surface area contributed by atoms with Gasteiger partial charge in [0.2, 0.25) is 59.1 Å². The Morgan fingerprint density at radius 2 is 1.25 bits per heavy atom. The first kappa shape index (κ1) is 111. The molecule has 2 aromatic carbocycles. The molecule has 11 N–H and O–H groups in total. The van der Waals surface area contributed by atoms with Crippen LogP contribution >= 0.6 is 11.8 Å². The van der Waals surface area contributed by atoms with Crippen molar-refractivity contribution in [3.8, 4) is 0 Å². The van der Waals surface area contributed by atoms with E-state index in [4.69, 9.17) is 38.9 Å². The summed E-state index contributed by atoms with van der Waals surface area (Å²) >= 11 is 1.53. The summed E-state index contributed by atoms with van der Waals surface area (Å²) in [5.74, 6) is -5.58. The number of aliphatic hydroxyl groups excluding tert-OH is 1. The maximum absolute atomic E-state index is 14.8. The van der Waals surface area contributed by atoms with E-state index in [-0.39, 0.29) is 125 Å². The molecule has 11 atom stereocenters. The Kier molecular flexibility index (Phi) is 50.9. The van der Waals surface area contributed by atoms with Crippen molar-refractivity contribution in [3.05, 3.63) is 95.3 Å². The van der Waals surface area contributed by atoms with Gasteiger partial charge < -0.3 is 96.0 Å². The molecule has 38 heteroatoms. The zero-order chi connectivity index (χ0) is 95.9. The molecule has 3 aliphatic heterocycles. The largest absolute Gasteiger partial charge is 0.445 e. The molecule has 130 heavy (non-hydrogen) atoms. The summed E-state index contributed by atoms with van der Waals surface area (Å²) in [5.41, 5.74) is 14.3. The smallest absolute Gasteiger partial charge is 0.410 e. The Labute approximate surface area is 770 Å². The van der Waals surface area contributed by atoms with Gasteiger partial charge in [0, 0.05) is 142 Å². The number of allylic oxidation sites excluding steroid dienone is 1. The summed E-state index contributed by atoms with van der Waals surface area (Å²) in [6.45, 7) is 24.2. The molecule has 0 aliphatic carbocycles. The van der Waals surface area contributed by atoms with Crippen molar-refractivity contribution in [2.24, 2.45) is 35.3 Å². The predicted molar refractivity (Wildman–Crippen MR) is 489 cm³/mol. The highest BCUT2D eigenvalue weighted by atomic mass is 32.2. The lowest BCUT2D eigenvalue weighted by atomic mass is 9.91. The standard InChI is InChI=1S/C92H147N15O22S/c1-16-78(113)104(45-55-130-54-38-76(111)95-40-43-107-79(114)35-36-80(107)115)42-39-94-75(110)30-22-26-69-58-105(101-100-69)44-47-126-49-51-128-53-52-127-50-48-125-46-37-77(112)98-82(60(2)3)89(119)97-70(27-20-21-29-74(93)109)72(108)56-66-31-33-67(34-32-66)59-129-92(122)103(13)85(63(8)9)90(120)99-83(61(4)5)91(121)102(12)84(62(6)7)73(123-14)57-81(116)106-41-23-28-71(106)87(124-15)64(10)88(118)96-65(11)86(117)68-24-18-17-19-25-68/h17-19,24-25,31-36,58,60-65,70-71,73,82-87,100-101,117H,16,20-23,26-30,37-57,59H2,1-15H3,(H2,93,109)(H,94,110)(H,95,111)(H,96,118)(H,97,119)(H,98,112)(H,99,120)/t64-,65-,70?,71+,73-,82+,83+,84+,85+,86-,87-/m0/s1. The molecule has 3 heterocycles. The normalized spacial score (nSPS) is 16.1. The molecule has 0 spiro atoms. The number of primary amides is 1. The molecule has 0 saturated carbocycles. The van der Waals surface area contributed by atoms with E-state index in [1.54, 1.807) is 116 Å². The van der Waals surface area contributed by atoms with Crippen LogP contribution in [0.1, 0.15) is 182 Å². The number of nitrogens with zero attached hydrogens (tertiary/aromatic N) is 6. The van der Waals surface area contributed by atoms with Gasteiger partial charge in [-0.15, -0.1) is 5.53 Å². The molecule has 2 aromatic rings. The van der Waals surface area contributed by atoms with Crippen LogP contribution in [-0.2, 0) is 109 Å². The maximum atomic E-state index is 14.8. The second-order valence-corrected chi connectivity index (χ2v) is 35.5. The number of likely N-dealkylation sites (N-methyl/N-ethyl adjacent to an activating group) is 2. The molecule has 13 amide bonds. The Balaban J connectivity index is 0.967. The molecule has 0 aromatic heterocycles. The van der Waals surface area contributed by atoms with E-state index in [0.717, 1.165) is 10.6 Å². The number of rotatable bonds is 65. The number of methoxy groups -OCH3 is 2. The predicted octanol–water partition coefficient (Wildman–Crippen LogP) is 4.28. The molecule has 0 bridgehead atoms. The van der Waals surface area contributed by atoms with E-state index in [2.05, 4.69) is 42.9 Å². The first-order chi connectivity index (χ1) is 62.0. The lowest BCUT2D eigenvalue weighted by molar-refractivity contribution is -0.147. The molecule has 1 unspecified atom stereocenters. The Bertz CT molecular complexity index is 3960. The number of benzene rings is 2. The molecular weight excluding hydrogens is 1700 g/mol. The van der Waals surface area contributed by atoms with E-state index in [9.17, 15) is 72.2 Å². The third kappa shape index (κ3) is 38.6. The van der Waals surface area contributed by atoms with Crippen LogP contribution in [-0.4, -0.2) is 310 Å². The number of thioether (sulfide) groups is 1. The molecule has 3 aliphatic rings. The minimum absolute atomic E-state index is 0.0276. The van der Waals surface area contributed by atoms with E-state index < -0.39 is 126 Å². The van der Waals surface area contributed by atoms with Gasteiger partial charge in [0.05, 0.1) is 114 Å². The summed E-state index contributed by atoms with van der Waals surface area (Å²) in [6, 6.07) is 9.96. The average Bonchev–Trinajstić information content (AvgIpc) is 1.70. The van der Waals surface area contributed by atoms with Crippen molar-refractivity contribution in [2.75, 3.05) is 138 Å². The molecule has 37 nitrogen and oxygen atoms in total. The number of hydrogen-bond acceptors (Lipinski definition) is 26. The fourth-order valence-corrected chi connectivity index (χ4v) is 16.5. The van der Waals surface area contributed by atoms with Crippen LogP contribution in [0, 0.1) is 29.6 Å².